The van der Waals surface area contributed by atoms with Gasteiger partial charge in [-0.2, -0.15) is 5.10 Å². The summed E-state index contributed by atoms with van der Waals surface area (Å²) < 4.78 is 5.29. The standard InChI is InChI=1S/C17H23N7OS.HI/c1-3-12-11-21-15(26-12)7-9-20-17(18-2)19-8-6-14-22-16(24-23-14)13-5-4-10-25-13;/h4-5,10-11H,3,6-9H2,1-2H3,(H2,18,19,20)(H,22,23,24);1H. The largest absolute Gasteiger partial charge is 0.461 e. The van der Waals surface area contributed by atoms with Crippen LogP contribution >= 0.6 is 35.3 Å². The van der Waals surface area contributed by atoms with E-state index in [1.54, 1.807) is 24.6 Å². The molecule has 0 saturated carbocycles. The van der Waals surface area contributed by atoms with E-state index >= 15 is 0 Å². The van der Waals surface area contributed by atoms with Crippen molar-refractivity contribution in [1.82, 2.24) is 30.8 Å². The van der Waals surface area contributed by atoms with Crippen LogP contribution in [0.2, 0.25) is 0 Å². The van der Waals surface area contributed by atoms with E-state index in [1.807, 2.05) is 18.3 Å². The molecular formula is C17H24IN7OS. The van der Waals surface area contributed by atoms with Crippen molar-refractivity contribution in [2.45, 2.75) is 26.2 Å². The summed E-state index contributed by atoms with van der Waals surface area (Å²) in [7, 11) is 1.76. The van der Waals surface area contributed by atoms with Crippen LogP contribution < -0.4 is 10.6 Å². The summed E-state index contributed by atoms with van der Waals surface area (Å²) in [6.45, 7) is 3.64. The Balaban J connectivity index is 0.00000261. The van der Waals surface area contributed by atoms with Crippen molar-refractivity contribution >= 4 is 41.3 Å². The number of furan rings is 1. The van der Waals surface area contributed by atoms with Crippen LogP contribution in [0, 0.1) is 0 Å². The maximum Gasteiger partial charge on any atom is 0.216 e. The summed E-state index contributed by atoms with van der Waals surface area (Å²) in [6.07, 6.45) is 6.21. The number of nitrogens with zero attached hydrogens (tertiary/aromatic N) is 4. The zero-order chi connectivity index (χ0) is 18.2. The van der Waals surface area contributed by atoms with Gasteiger partial charge in [0.1, 0.15) is 5.82 Å². The van der Waals surface area contributed by atoms with Gasteiger partial charge in [0.2, 0.25) is 5.82 Å². The van der Waals surface area contributed by atoms with Crippen LogP contribution in [0.1, 0.15) is 22.6 Å². The van der Waals surface area contributed by atoms with Gasteiger partial charge in [-0.3, -0.25) is 10.1 Å². The number of guanidine groups is 1. The second kappa shape index (κ2) is 11.0. The number of hydrogen-bond acceptors (Lipinski definition) is 6. The fraction of sp³-hybridized carbons (Fsp3) is 0.412. The van der Waals surface area contributed by atoms with E-state index in [-0.39, 0.29) is 24.0 Å². The number of H-pyrrole nitrogens is 1. The fourth-order valence-corrected chi connectivity index (χ4v) is 3.22. The highest BCUT2D eigenvalue weighted by molar-refractivity contribution is 14.0. The third-order valence-electron chi connectivity index (χ3n) is 3.73. The molecule has 0 spiro atoms. The number of aromatic nitrogens is 4. The van der Waals surface area contributed by atoms with E-state index in [2.05, 4.69) is 42.7 Å². The van der Waals surface area contributed by atoms with Crippen molar-refractivity contribution in [3.8, 4) is 11.6 Å². The van der Waals surface area contributed by atoms with Gasteiger partial charge in [0.15, 0.2) is 11.7 Å². The van der Waals surface area contributed by atoms with Crippen molar-refractivity contribution in [1.29, 1.82) is 0 Å². The maximum absolute atomic E-state index is 5.29. The molecule has 0 bridgehead atoms. The van der Waals surface area contributed by atoms with Gasteiger partial charge in [-0.05, 0) is 18.6 Å². The van der Waals surface area contributed by atoms with Crippen molar-refractivity contribution in [2.24, 2.45) is 4.99 Å². The zero-order valence-electron chi connectivity index (χ0n) is 15.4. The Labute approximate surface area is 179 Å². The zero-order valence-corrected chi connectivity index (χ0v) is 18.5. The first-order valence-electron chi connectivity index (χ1n) is 8.61. The predicted molar refractivity (Wildman–Crippen MR) is 118 cm³/mol. The Bertz CT molecular complexity index is 828. The van der Waals surface area contributed by atoms with Crippen LogP contribution in [-0.2, 0) is 19.3 Å². The van der Waals surface area contributed by atoms with E-state index in [0.717, 1.165) is 36.2 Å². The molecule has 0 aliphatic heterocycles. The lowest BCUT2D eigenvalue weighted by Gasteiger charge is -2.10. The Hall–Kier alpha value is -1.95. The predicted octanol–water partition coefficient (Wildman–Crippen LogP) is 2.65. The molecular weight excluding hydrogens is 477 g/mol. The lowest BCUT2D eigenvalue weighted by atomic mass is 10.4. The maximum atomic E-state index is 5.29. The van der Waals surface area contributed by atoms with Crippen molar-refractivity contribution < 1.29 is 4.42 Å². The molecule has 27 heavy (non-hydrogen) atoms. The van der Waals surface area contributed by atoms with Crippen LogP contribution in [0.4, 0.5) is 0 Å². The van der Waals surface area contributed by atoms with E-state index in [4.69, 9.17) is 4.42 Å². The van der Waals surface area contributed by atoms with Crippen LogP contribution in [0.25, 0.3) is 11.6 Å². The van der Waals surface area contributed by atoms with E-state index in [1.165, 1.54) is 4.88 Å². The minimum Gasteiger partial charge on any atom is -0.461 e. The van der Waals surface area contributed by atoms with Crippen LogP contribution in [0.15, 0.2) is 34.0 Å². The third-order valence-corrected chi connectivity index (χ3v) is 4.93. The number of aryl methyl sites for hydroxylation is 1. The SMILES string of the molecule is CCc1cnc(CCNC(=NC)NCCc2nc(-c3ccco3)n[nH]2)s1.I. The molecule has 8 nitrogen and oxygen atoms in total. The summed E-state index contributed by atoms with van der Waals surface area (Å²) in [5, 5.41) is 14.8. The van der Waals surface area contributed by atoms with Crippen LogP contribution in [0.5, 0.6) is 0 Å². The molecule has 3 aromatic heterocycles. The van der Waals surface area contributed by atoms with Gasteiger partial charge in [-0.1, -0.05) is 6.92 Å². The molecule has 3 heterocycles. The first-order valence-corrected chi connectivity index (χ1v) is 9.43. The molecule has 0 unspecified atom stereocenters. The minimum absolute atomic E-state index is 0. The number of aromatic amines is 1. The van der Waals surface area contributed by atoms with Gasteiger partial charge in [0.25, 0.3) is 0 Å². The number of halogens is 1. The number of nitrogens with one attached hydrogen (secondary N) is 3. The quantitative estimate of drug-likeness (QED) is 0.249. The molecule has 0 amide bonds. The molecule has 0 radical (unpaired) electrons. The third kappa shape index (κ3) is 6.31. The number of rotatable bonds is 8. The second-order valence-electron chi connectivity index (χ2n) is 5.58. The lowest BCUT2D eigenvalue weighted by Crippen LogP contribution is -2.39. The molecule has 3 rings (SSSR count). The normalized spacial score (nSPS) is 11.3. The molecule has 0 aromatic carbocycles. The molecule has 0 saturated heterocycles. The summed E-state index contributed by atoms with van der Waals surface area (Å²) >= 11 is 1.77. The van der Waals surface area contributed by atoms with E-state index < -0.39 is 0 Å². The molecule has 0 aliphatic carbocycles. The van der Waals surface area contributed by atoms with Crippen LogP contribution in [0.3, 0.4) is 0 Å². The van der Waals surface area contributed by atoms with Crippen molar-refractivity contribution in [2.75, 3.05) is 20.1 Å². The fourth-order valence-electron chi connectivity index (χ4n) is 2.36. The average molecular weight is 501 g/mol. The van der Waals surface area contributed by atoms with Gasteiger partial charge >= 0.3 is 0 Å². The second-order valence-corrected chi connectivity index (χ2v) is 6.78. The van der Waals surface area contributed by atoms with Crippen molar-refractivity contribution in [3.05, 3.63) is 40.3 Å². The number of hydrogen-bond donors (Lipinski definition) is 3. The molecule has 0 fully saturated rings. The van der Waals surface area contributed by atoms with E-state index in [0.29, 0.717) is 24.6 Å². The van der Waals surface area contributed by atoms with Gasteiger partial charge in [0, 0.05) is 44.1 Å². The molecule has 0 atom stereocenters. The summed E-state index contributed by atoms with van der Waals surface area (Å²) in [4.78, 5) is 14.4. The van der Waals surface area contributed by atoms with Gasteiger partial charge < -0.3 is 15.1 Å². The number of aliphatic imine (C=N–C) groups is 1. The van der Waals surface area contributed by atoms with E-state index in [9.17, 15) is 0 Å². The average Bonchev–Trinajstić information content (AvgIpc) is 3.40. The monoisotopic (exact) mass is 501 g/mol. The Morgan fingerprint density at radius 1 is 1.30 bits per heavy atom. The summed E-state index contributed by atoms with van der Waals surface area (Å²) in [5.41, 5.74) is 0. The minimum atomic E-state index is 0. The summed E-state index contributed by atoms with van der Waals surface area (Å²) in [6, 6.07) is 3.65. The summed E-state index contributed by atoms with van der Waals surface area (Å²) in [5.74, 6) is 2.80. The van der Waals surface area contributed by atoms with Gasteiger partial charge in [-0.25, -0.2) is 9.97 Å². The first-order chi connectivity index (χ1) is 12.8. The molecule has 0 aliphatic rings. The van der Waals surface area contributed by atoms with Crippen molar-refractivity contribution in [3.63, 3.8) is 0 Å². The first kappa shape index (κ1) is 21.4. The molecule has 146 valence electrons. The Kier molecular flexibility index (Phi) is 8.72. The smallest absolute Gasteiger partial charge is 0.216 e. The topological polar surface area (TPSA) is 104 Å². The molecule has 3 N–H and O–H groups in total. The highest BCUT2D eigenvalue weighted by Gasteiger charge is 2.08. The van der Waals surface area contributed by atoms with Crippen LogP contribution in [-0.4, -0.2) is 46.3 Å². The Morgan fingerprint density at radius 3 is 2.78 bits per heavy atom. The molecule has 10 heteroatoms. The van der Waals surface area contributed by atoms with Gasteiger partial charge in [-0.15, -0.1) is 35.3 Å². The van der Waals surface area contributed by atoms with Gasteiger partial charge in [0.05, 0.1) is 11.3 Å². The number of thiazole rings is 1. The Morgan fingerprint density at radius 2 is 2.11 bits per heavy atom. The highest BCUT2D eigenvalue weighted by Crippen LogP contribution is 2.14. The molecule has 3 aromatic rings. The highest BCUT2D eigenvalue weighted by atomic mass is 127. The lowest BCUT2D eigenvalue weighted by molar-refractivity contribution is 0.577.